The summed E-state index contributed by atoms with van der Waals surface area (Å²) < 4.78 is 13.5. The van der Waals surface area contributed by atoms with E-state index in [1.54, 1.807) is 12.1 Å². The summed E-state index contributed by atoms with van der Waals surface area (Å²) in [4.78, 5) is 4.28. The third kappa shape index (κ3) is 4.18. The molecule has 0 atom stereocenters. The predicted octanol–water partition coefficient (Wildman–Crippen LogP) is 5.39. The monoisotopic (exact) mass is 339 g/mol. The first-order valence-corrected chi connectivity index (χ1v) is 7.45. The quantitative estimate of drug-likeness (QED) is 0.462. The van der Waals surface area contributed by atoms with Crippen LogP contribution in [0.3, 0.4) is 0 Å². The van der Waals surface area contributed by atoms with Gasteiger partial charge in [-0.3, -0.25) is 5.43 Å². The highest BCUT2D eigenvalue weighted by atomic mass is 35.5. The van der Waals surface area contributed by atoms with Crippen LogP contribution in [-0.4, -0.2) is 10.7 Å². The lowest BCUT2D eigenvalue weighted by Gasteiger charge is -2.21. The van der Waals surface area contributed by atoms with Crippen LogP contribution < -0.4 is 5.43 Å². The fourth-order valence-electron chi connectivity index (χ4n) is 1.84. The molecular formula is C16H16Cl2FN3. The van der Waals surface area contributed by atoms with Gasteiger partial charge in [0.2, 0.25) is 0 Å². The second-order valence-corrected chi connectivity index (χ2v) is 6.59. The van der Waals surface area contributed by atoms with Crippen molar-refractivity contribution in [1.82, 2.24) is 4.98 Å². The molecule has 0 aliphatic rings. The highest BCUT2D eigenvalue weighted by molar-refractivity contribution is 6.30. The fourth-order valence-corrected chi connectivity index (χ4v) is 2.12. The van der Waals surface area contributed by atoms with E-state index >= 15 is 0 Å². The van der Waals surface area contributed by atoms with E-state index in [0.29, 0.717) is 22.2 Å². The van der Waals surface area contributed by atoms with Crippen molar-refractivity contribution in [2.45, 2.75) is 20.8 Å². The summed E-state index contributed by atoms with van der Waals surface area (Å²) >= 11 is 11.6. The Morgan fingerprint density at radius 2 is 1.91 bits per heavy atom. The molecule has 0 unspecified atom stereocenters. The number of aromatic nitrogens is 1. The number of nitrogens with one attached hydrogen (secondary N) is 1. The molecule has 2 rings (SSSR count). The van der Waals surface area contributed by atoms with Crippen molar-refractivity contribution in [3.05, 3.63) is 58.1 Å². The van der Waals surface area contributed by atoms with E-state index in [9.17, 15) is 4.39 Å². The molecule has 116 valence electrons. The third-order valence-electron chi connectivity index (χ3n) is 2.88. The molecule has 0 aliphatic carbocycles. The number of rotatable bonds is 3. The molecule has 0 radical (unpaired) electrons. The van der Waals surface area contributed by atoms with Crippen LogP contribution in [0.25, 0.3) is 0 Å². The zero-order valence-corrected chi connectivity index (χ0v) is 14.0. The van der Waals surface area contributed by atoms with Gasteiger partial charge in [0.05, 0.1) is 22.1 Å². The van der Waals surface area contributed by atoms with Gasteiger partial charge in [-0.25, -0.2) is 9.37 Å². The Labute approximate surface area is 139 Å². The molecule has 1 aromatic carbocycles. The van der Waals surface area contributed by atoms with E-state index in [0.717, 1.165) is 0 Å². The van der Waals surface area contributed by atoms with Gasteiger partial charge in [-0.2, -0.15) is 5.10 Å². The number of hydrogen-bond donors (Lipinski definition) is 1. The van der Waals surface area contributed by atoms with E-state index < -0.39 is 5.82 Å². The molecule has 0 fully saturated rings. The van der Waals surface area contributed by atoms with Crippen molar-refractivity contribution in [3.8, 4) is 0 Å². The summed E-state index contributed by atoms with van der Waals surface area (Å²) in [5.41, 5.74) is 4.46. The molecule has 0 bridgehead atoms. The van der Waals surface area contributed by atoms with Crippen LogP contribution in [0.1, 0.15) is 26.5 Å². The highest BCUT2D eigenvalue weighted by Gasteiger charge is 2.22. The maximum absolute atomic E-state index is 13.5. The van der Waals surface area contributed by atoms with Crippen LogP contribution in [0.15, 0.2) is 41.5 Å². The third-order valence-corrected chi connectivity index (χ3v) is 3.40. The summed E-state index contributed by atoms with van der Waals surface area (Å²) in [6.07, 6.45) is 0. The van der Waals surface area contributed by atoms with Crippen LogP contribution in [0, 0.1) is 11.2 Å². The predicted molar refractivity (Wildman–Crippen MR) is 90.3 cm³/mol. The van der Waals surface area contributed by atoms with Crippen molar-refractivity contribution >= 4 is 34.6 Å². The lowest BCUT2D eigenvalue weighted by molar-refractivity contribution is 0.589. The minimum Gasteiger partial charge on any atom is -0.278 e. The topological polar surface area (TPSA) is 37.3 Å². The van der Waals surface area contributed by atoms with Crippen LogP contribution in [0.4, 0.5) is 10.1 Å². The first-order valence-electron chi connectivity index (χ1n) is 6.69. The first-order chi connectivity index (χ1) is 10.3. The number of nitrogens with zero attached hydrogens (tertiary/aromatic N) is 2. The minimum absolute atomic E-state index is 0.0714. The zero-order chi connectivity index (χ0) is 16.3. The number of benzene rings is 1. The molecular weight excluding hydrogens is 324 g/mol. The standard InChI is InChI=1S/C16H16Cl2FN3/c1-16(2,3)15(13-5-4-6-14(18)20-13)22-21-10-7-8-11(17)12(19)9-10/h4-9,21H,1-3H3. The molecule has 0 aliphatic heterocycles. The summed E-state index contributed by atoms with van der Waals surface area (Å²) in [6.45, 7) is 6.04. The molecule has 0 saturated carbocycles. The number of hydrogen-bond acceptors (Lipinski definition) is 3. The Morgan fingerprint density at radius 3 is 2.50 bits per heavy atom. The lowest BCUT2D eigenvalue weighted by Crippen LogP contribution is -2.24. The van der Waals surface area contributed by atoms with Crippen molar-refractivity contribution in [1.29, 1.82) is 0 Å². The molecule has 1 aromatic heterocycles. The van der Waals surface area contributed by atoms with Crippen molar-refractivity contribution in [3.63, 3.8) is 0 Å². The van der Waals surface area contributed by atoms with E-state index in [4.69, 9.17) is 23.2 Å². The molecule has 0 saturated heterocycles. The maximum Gasteiger partial charge on any atom is 0.143 e. The van der Waals surface area contributed by atoms with Gasteiger partial charge in [0, 0.05) is 11.5 Å². The highest BCUT2D eigenvalue weighted by Crippen LogP contribution is 2.23. The maximum atomic E-state index is 13.5. The number of hydrazone groups is 1. The average Bonchev–Trinajstić information content (AvgIpc) is 2.41. The van der Waals surface area contributed by atoms with Crippen LogP contribution in [0.5, 0.6) is 0 Å². The number of halogens is 3. The summed E-state index contributed by atoms with van der Waals surface area (Å²) in [5.74, 6) is -0.500. The van der Waals surface area contributed by atoms with E-state index in [2.05, 4.69) is 15.5 Å². The van der Waals surface area contributed by atoms with Gasteiger partial charge in [0.15, 0.2) is 0 Å². The Morgan fingerprint density at radius 1 is 1.18 bits per heavy atom. The fraction of sp³-hybridized carbons (Fsp3) is 0.250. The Bertz CT molecular complexity index is 709. The van der Waals surface area contributed by atoms with Crippen molar-refractivity contribution < 1.29 is 4.39 Å². The van der Waals surface area contributed by atoms with Gasteiger partial charge in [-0.1, -0.05) is 50.0 Å². The molecule has 1 N–H and O–H groups in total. The van der Waals surface area contributed by atoms with Gasteiger partial charge in [0.25, 0.3) is 0 Å². The van der Waals surface area contributed by atoms with E-state index in [1.165, 1.54) is 12.1 Å². The summed E-state index contributed by atoms with van der Waals surface area (Å²) in [6, 6.07) is 9.77. The van der Waals surface area contributed by atoms with E-state index in [-0.39, 0.29) is 10.4 Å². The largest absolute Gasteiger partial charge is 0.278 e. The van der Waals surface area contributed by atoms with Crippen molar-refractivity contribution in [2.24, 2.45) is 10.5 Å². The lowest BCUT2D eigenvalue weighted by atomic mass is 9.88. The second kappa shape index (κ2) is 6.63. The van der Waals surface area contributed by atoms with Crippen LogP contribution in [0.2, 0.25) is 10.2 Å². The van der Waals surface area contributed by atoms with Crippen LogP contribution in [-0.2, 0) is 0 Å². The Balaban J connectivity index is 2.35. The minimum atomic E-state index is -0.500. The number of anilines is 1. The molecule has 3 nitrogen and oxygen atoms in total. The summed E-state index contributed by atoms with van der Waals surface area (Å²) in [5, 5.41) is 4.85. The smallest absolute Gasteiger partial charge is 0.143 e. The average molecular weight is 340 g/mol. The Hall–Kier alpha value is -1.65. The SMILES string of the molecule is CC(C)(C)C(=NNc1ccc(Cl)c(F)c1)c1cccc(Cl)n1. The van der Waals surface area contributed by atoms with Gasteiger partial charge >= 0.3 is 0 Å². The Kier molecular flexibility index (Phi) is 5.04. The van der Waals surface area contributed by atoms with Gasteiger partial charge in [-0.15, -0.1) is 0 Å². The molecule has 2 aromatic rings. The summed E-state index contributed by atoms with van der Waals surface area (Å²) in [7, 11) is 0. The molecule has 22 heavy (non-hydrogen) atoms. The van der Waals surface area contributed by atoms with Gasteiger partial charge < -0.3 is 0 Å². The number of pyridine rings is 1. The normalized spacial score (nSPS) is 12.4. The van der Waals surface area contributed by atoms with Crippen molar-refractivity contribution in [2.75, 3.05) is 5.43 Å². The van der Waals surface area contributed by atoms with Crippen LogP contribution >= 0.6 is 23.2 Å². The molecule has 0 spiro atoms. The zero-order valence-electron chi connectivity index (χ0n) is 12.5. The molecule has 1 heterocycles. The molecule has 6 heteroatoms. The second-order valence-electron chi connectivity index (χ2n) is 5.80. The van der Waals surface area contributed by atoms with E-state index in [1.807, 2.05) is 32.9 Å². The van der Waals surface area contributed by atoms with Gasteiger partial charge in [-0.05, 0) is 24.3 Å². The molecule has 0 amide bonds. The van der Waals surface area contributed by atoms with Gasteiger partial charge in [0.1, 0.15) is 11.0 Å². The first kappa shape index (κ1) is 16.7.